The summed E-state index contributed by atoms with van der Waals surface area (Å²) in [6.07, 6.45) is 7.53. The van der Waals surface area contributed by atoms with Gasteiger partial charge >= 0.3 is 11.8 Å². The number of nitrogens with one attached hydrogen (secondary N) is 2. The third kappa shape index (κ3) is 5.03. The number of hydrogen-bond donors (Lipinski definition) is 2. The summed E-state index contributed by atoms with van der Waals surface area (Å²) in [5, 5.41) is 11.7. The molecule has 6 rings (SSSR count). The van der Waals surface area contributed by atoms with Crippen LogP contribution in [0.3, 0.4) is 0 Å². The average Bonchev–Trinajstić information content (AvgIpc) is 3.65. The van der Waals surface area contributed by atoms with E-state index in [2.05, 4.69) is 69.5 Å². The number of carbonyl (C=O) groups is 1. The second-order valence-electron chi connectivity index (χ2n) is 12.2. The summed E-state index contributed by atoms with van der Waals surface area (Å²) in [4.78, 5) is 30.3. The summed E-state index contributed by atoms with van der Waals surface area (Å²) in [6.45, 7) is 12.3. The smallest absolute Gasteiger partial charge is 0.315 e. The van der Waals surface area contributed by atoms with Gasteiger partial charge in [0.05, 0.1) is 17.8 Å². The maximum atomic E-state index is 13.1. The number of benzene rings is 1. The van der Waals surface area contributed by atoms with Crippen molar-refractivity contribution in [3.05, 3.63) is 65.2 Å². The van der Waals surface area contributed by atoms with Crippen molar-refractivity contribution < 1.29 is 9.32 Å². The van der Waals surface area contributed by atoms with Gasteiger partial charge in [0.1, 0.15) is 11.3 Å². The van der Waals surface area contributed by atoms with Crippen LogP contribution in [0.4, 0.5) is 0 Å². The van der Waals surface area contributed by atoms with Crippen molar-refractivity contribution in [1.29, 1.82) is 0 Å². The van der Waals surface area contributed by atoms with Gasteiger partial charge in [0.25, 0.3) is 0 Å². The molecule has 1 aliphatic carbocycles. The Morgan fingerprint density at radius 2 is 1.98 bits per heavy atom. The summed E-state index contributed by atoms with van der Waals surface area (Å²) < 4.78 is 7.29. The van der Waals surface area contributed by atoms with Crippen LogP contribution in [0.5, 0.6) is 0 Å². The number of carbonyl (C=O) groups excluding carboxylic acids is 1. The maximum Gasteiger partial charge on any atom is 0.315 e. The van der Waals surface area contributed by atoms with E-state index in [1.807, 2.05) is 43.9 Å². The first-order chi connectivity index (χ1) is 19.6. The van der Waals surface area contributed by atoms with E-state index in [9.17, 15) is 4.79 Å². The molecule has 0 bridgehead atoms. The first-order valence-corrected chi connectivity index (χ1v) is 14.3. The summed E-state index contributed by atoms with van der Waals surface area (Å²) >= 11 is 0. The van der Waals surface area contributed by atoms with Crippen LogP contribution in [-0.4, -0.2) is 40.8 Å². The Morgan fingerprint density at radius 3 is 2.71 bits per heavy atom. The molecule has 0 aliphatic heterocycles. The lowest BCUT2D eigenvalue weighted by atomic mass is 9.94. The minimum atomic E-state index is -0.342. The number of nitrogens with zero attached hydrogens (tertiary/aromatic N) is 6. The molecule has 0 radical (unpaired) electrons. The van der Waals surface area contributed by atoms with Crippen molar-refractivity contribution in [1.82, 2.24) is 40.2 Å². The molecule has 5 aromatic rings. The molecule has 0 fully saturated rings. The lowest BCUT2D eigenvalue weighted by molar-refractivity contribution is 0.0890. The molecule has 1 amide bonds. The Bertz CT molecular complexity index is 1740. The van der Waals surface area contributed by atoms with Crippen LogP contribution in [0.25, 0.3) is 33.7 Å². The highest BCUT2D eigenvalue weighted by molar-refractivity contribution is 5.92. The zero-order chi connectivity index (χ0) is 28.9. The van der Waals surface area contributed by atoms with Crippen LogP contribution in [0.1, 0.15) is 99.3 Å². The van der Waals surface area contributed by atoms with Gasteiger partial charge in [0.15, 0.2) is 11.5 Å². The monoisotopic (exact) mass is 552 g/mol. The molecule has 0 unspecified atom stereocenters. The number of pyridine rings is 1. The Kier molecular flexibility index (Phi) is 6.71. The lowest BCUT2D eigenvalue weighted by Crippen LogP contribution is -2.29. The third-order valence-corrected chi connectivity index (χ3v) is 7.79. The van der Waals surface area contributed by atoms with Crippen LogP contribution >= 0.6 is 0 Å². The van der Waals surface area contributed by atoms with Crippen molar-refractivity contribution in [2.24, 2.45) is 0 Å². The van der Waals surface area contributed by atoms with Crippen molar-refractivity contribution in [3.63, 3.8) is 0 Å². The average molecular weight is 553 g/mol. The van der Waals surface area contributed by atoms with Crippen LogP contribution in [-0.2, 0) is 11.8 Å². The van der Waals surface area contributed by atoms with Gasteiger partial charge in [-0.2, -0.15) is 10.1 Å². The Labute approximate surface area is 239 Å². The van der Waals surface area contributed by atoms with E-state index in [-0.39, 0.29) is 29.3 Å². The molecule has 4 heterocycles. The fourth-order valence-electron chi connectivity index (χ4n) is 5.59. The van der Waals surface area contributed by atoms with Gasteiger partial charge in [-0.1, -0.05) is 50.5 Å². The second kappa shape index (κ2) is 10.2. The normalized spacial score (nSPS) is 15.7. The Balaban J connectivity index is 1.31. The Hall–Kier alpha value is -4.34. The lowest BCUT2D eigenvalue weighted by Gasteiger charge is -2.19. The molecule has 1 atom stereocenters. The highest BCUT2D eigenvalue weighted by Crippen LogP contribution is 2.35. The number of fused-ring (bicyclic) bond motifs is 2. The van der Waals surface area contributed by atoms with Gasteiger partial charge in [-0.15, -0.1) is 0 Å². The molecule has 0 saturated carbocycles. The topological polar surface area (TPSA) is 127 Å². The number of amides is 1. The standard InChI is InChI=1S/C31H36N8O2/c1-17(2)39-18(3)23(16-33-39)26-35-25-22(13-14-32-27(25)36-26)20-11-12-21-19(15-20)9-7-8-10-24(21)34-28(40)29-37-30(38-41-29)31(4,5)6/h11-17,24H,7-10H2,1-6H3,(H,34,40)(H,32,35,36)/t24-/m0/s1. The largest absolute Gasteiger partial charge is 0.341 e. The molecular formula is C31H36N8O2. The van der Waals surface area contributed by atoms with E-state index in [1.54, 1.807) is 0 Å². The summed E-state index contributed by atoms with van der Waals surface area (Å²) in [5.41, 5.74) is 7.73. The van der Waals surface area contributed by atoms with Crippen molar-refractivity contribution in [2.45, 2.75) is 84.7 Å². The number of aryl methyl sites for hydroxylation is 1. The number of rotatable bonds is 5. The predicted octanol–water partition coefficient (Wildman–Crippen LogP) is 6.26. The van der Waals surface area contributed by atoms with E-state index in [0.29, 0.717) is 5.82 Å². The SMILES string of the molecule is Cc1c(-c2nc3c(-c4ccc5c(c4)CCCC[C@@H]5NC(=O)c4nc(C(C)(C)C)no4)ccnc3[nH]2)cnn1C(C)C. The maximum absolute atomic E-state index is 13.1. The fourth-order valence-corrected chi connectivity index (χ4v) is 5.59. The number of hydrogen-bond acceptors (Lipinski definition) is 7. The van der Waals surface area contributed by atoms with Crippen LogP contribution in [0.2, 0.25) is 0 Å². The van der Waals surface area contributed by atoms with Gasteiger partial charge in [0.2, 0.25) is 0 Å². The first-order valence-electron chi connectivity index (χ1n) is 14.3. The van der Waals surface area contributed by atoms with E-state index in [1.165, 1.54) is 5.56 Å². The molecule has 4 aromatic heterocycles. The number of H-pyrrole nitrogens is 1. The van der Waals surface area contributed by atoms with E-state index < -0.39 is 0 Å². The van der Waals surface area contributed by atoms with E-state index in [0.717, 1.165) is 70.6 Å². The molecule has 0 saturated heterocycles. The predicted molar refractivity (Wildman–Crippen MR) is 156 cm³/mol. The number of aromatic amines is 1. The van der Waals surface area contributed by atoms with E-state index >= 15 is 0 Å². The summed E-state index contributed by atoms with van der Waals surface area (Å²) in [6, 6.07) is 8.62. The van der Waals surface area contributed by atoms with Crippen molar-refractivity contribution in [2.75, 3.05) is 0 Å². The highest BCUT2D eigenvalue weighted by atomic mass is 16.5. The molecule has 0 spiro atoms. The molecule has 10 heteroatoms. The highest BCUT2D eigenvalue weighted by Gasteiger charge is 2.27. The van der Waals surface area contributed by atoms with Gasteiger partial charge in [-0.25, -0.2) is 9.97 Å². The van der Waals surface area contributed by atoms with Gasteiger partial charge < -0.3 is 14.8 Å². The first kappa shape index (κ1) is 26.9. The molecule has 1 aliphatic rings. The quantitative estimate of drug-likeness (QED) is 0.247. The van der Waals surface area contributed by atoms with Crippen LogP contribution < -0.4 is 5.32 Å². The summed E-state index contributed by atoms with van der Waals surface area (Å²) in [5.74, 6) is 0.936. The molecule has 10 nitrogen and oxygen atoms in total. The van der Waals surface area contributed by atoms with Crippen LogP contribution in [0.15, 0.2) is 41.2 Å². The third-order valence-electron chi connectivity index (χ3n) is 7.79. The zero-order valence-corrected chi connectivity index (χ0v) is 24.4. The fraction of sp³-hybridized carbons (Fsp3) is 0.419. The van der Waals surface area contributed by atoms with Gasteiger partial charge in [-0.3, -0.25) is 9.48 Å². The van der Waals surface area contributed by atoms with Gasteiger partial charge in [0, 0.05) is 28.9 Å². The zero-order valence-electron chi connectivity index (χ0n) is 24.4. The van der Waals surface area contributed by atoms with Crippen molar-refractivity contribution in [3.8, 4) is 22.5 Å². The van der Waals surface area contributed by atoms with Crippen LogP contribution in [0, 0.1) is 6.92 Å². The summed E-state index contributed by atoms with van der Waals surface area (Å²) in [7, 11) is 0. The second-order valence-corrected chi connectivity index (χ2v) is 12.2. The minimum absolute atomic E-state index is 0.0000280. The number of aromatic nitrogens is 7. The molecular weight excluding hydrogens is 516 g/mol. The van der Waals surface area contributed by atoms with Gasteiger partial charge in [-0.05, 0) is 62.8 Å². The number of imidazole rings is 1. The Morgan fingerprint density at radius 1 is 1.15 bits per heavy atom. The molecule has 2 N–H and O–H groups in total. The minimum Gasteiger partial charge on any atom is -0.341 e. The van der Waals surface area contributed by atoms with Crippen molar-refractivity contribution >= 4 is 17.1 Å². The molecule has 1 aromatic carbocycles. The molecule has 41 heavy (non-hydrogen) atoms. The molecule has 212 valence electrons. The van der Waals surface area contributed by atoms with E-state index in [4.69, 9.17) is 9.51 Å².